The molecule has 0 aromatic carbocycles. The van der Waals surface area contributed by atoms with Crippen molar-refractivity contribution in [1.82, 2.24) is 15.2 Å². The number of halogens is 3. The van der Waals surface area contributed by atoms with Crippen LogP contribution in [0.5, 0.6) is 0 Å². The number of rotatable bonds is 5. The Hall–Kier alpha value is -1.83. The molecule has 1 amide bonds. The molecule has 1 fully saturated rings. The molecule has 1 aromatic heterocycles. The van der Waals surface area contributed by atoms with Crippen molar-refractivity contribution >= 4 is 11.7 Å². The quantitative estimate of drug-likeness (QED) is 0.804. The van der Waals surface area contributed by atoms with Crippen molar-refractivity contribution in [3.8, 4) is 0 Å². The molecule has 1 unspecified atom stereocenters. The molecule has 1 atom stereocenters. The van der Waals surface area contributed by atoms with Gasteiger partial charge in [0.1, 0.15) is 6.54 Å². The van der Waals surface area contributed by atoms with Crippen LogP contribution in [0.2, 0.25) is 0 Å². The summed E-state index contributed by atoms with van der Waals surface area (Å²) in [6, 6.07) is 1.79. The zero-order valence-electron chi connectivity index (χ0n) is 13.8. The van der Waals surface area contributed by atoms with Gasteiger partial charge in [-0.3, -0.25) is 14.5 Å². The number of nitrogens with zero attached hydrogens (tertiary/aromatic N) is 1. The molecule has 0 spiro atoms. The van der Waals surface area contributed by atoms with Gasteiger partial charge in [-0.1, -0.05) is 0 Å². The minimum absolute atomic E-state index is 0.0480. The number of aromatic amines is 1. The van der Waals surface area contributed by atoms with Crippen LogP contribution in [0.25, 0.3) is 0 Å². The largest absolute Gasteiger partial charge is 0.405 e. The molecule has 5 nitrogen and oxygen atoms in total. The smallest absolute Gasteiger partial charge is 0.362 e. The summed E-state index contributed by atoms with van der Waals surface area (Å²) < 4.78 is 36.6. The predicted octanol–water partition coefficient (Wildman–Crippen LogP) is 2.20. The molecular formula is C16H22F3N3O2. The van der Waals surface area contributed by atoms with Crippen molar-refractivity contribution in [3.05, 3.63) is 23.0 Å². The fourth-order valence-corrected chi connectivity index (χ4v) is 3.05. The lowest BCUT2D eigenvalue weighted by Crippen LogP contribution is -2.46. The van der Waals surface area contributed by atoms with Crippen molar-refractivity contribution in [3.63, 3.8) is 0 Å². The van der Waals surface area contributed by atoms with E-state index in [1.54, 1.807) is 6.07 Å². The van der Waals surface area contributed by atoms with Gasteiger partial charge in [0.15, 0.2) is 5.78 Å². The summed E-state index contributed by atoms with van der Waals surface area (Å²) in [4.78, 5) is 29.2. The topological polar surface area (TPSA) is 65.2 Å². The van der Waals surface area contributed by atoms with Gasteiger partial charge in [0, 0.05) is 23.5 Å². The lowest BCUT2D eigenvalue weighted by atomic mass is 9.96. The molecule has 0 saturated carbocycles. The molecule has 1 saturated heterocycles. The summed E-state index contributed by atoms with van der Waals surface area (Å²) in [5.74, 6) is -1.16. The zero-order chi connectivity index (χ0) is 17.9. The Morgan fingerprint density at radius 1 is 1.38 bits per heavy atom. The van der Waals surface area contributed by atoms with Gasteiger partial charge in [0.2, 0.25) is 5.91 Å². The number of carbonyl (C=O) groups excluding carboxylic acids is 2. The number of carbonyl (C=O) groups is 2. The first-order valence-corrected chi connectivity index (χ1v) is 7.92. The Morgan fingerprint density at radius 3 is 2.67 bits per heavy atom. The van der Waals surface area contributed by atoms with Crippen LogP contribution in [-0.4, -0.2) is 53.9 Å². The average Bonchev–Trinajstić information content (AvgIpc) is 2.83. The Morgan fingerprint density at radius 2 is 2.08 bits per heavy atom. The standard InChI is InChI=1S/C16H22F3N3O2/c1-10-6-13(11(2)21-10)14(23)8-22-5-3-4-12(7-22)15(24)20-9-16(17,18)19/h6,12,21H,3-5,7-9H2,1-2H3,(H,20,24). The molecule has 2 heterocycles. The maximum absolute atomic E-state index is 12.4. The van der Waals surface area contributed by atoms with E-state index in [1.165, 1.54) is 0 Å². The number of ketones is 1. The highest BCUT2D eigenvalue weighted by molar-refractivity contribution is 5.98. The highest BCUT2D eigenvalue weighted by Crippen LogP contribution is 2.19. The van der Waals surface area contributed by atoms with Gasteiger partial charge in [0.05, 0.1) is 12.5 Å². The van der Waals surface area contributed by atoms with Gasteiger partial charge in [-0.25, -0.2) is 0 Å². The van der Waals surface area contributed by atoms with E-state index in [2.05, 4.69) is 4.98 Å². The summed E-state index contributed by atoms with van der Waals surface area (Å²) in [7, 11) is 0. The molecule has 1 aromatic rings. The third-order valence-electron chi connectivity index (χ3n) is 4.16. The number of amides is 1. The number of hydrogen-bond acceptors (Lipinski definition) is 3. The predicted molar refractivity (Wildman–Crippen MR) is 82.8 cm³/mol. The number of nitrogens with one attached hydrogen (secondary N) is 2. The monoisotopic (exact) mass is 345 g/mol. The highest BCUT2D eigenvalue weighted by atomic mass is 19.4. The summed E-state index contributed by atoms with van der Waals surface area (Å²) in [5.41, 5.74) is 2.32. The first kappa shape index (κ1) is 18.5. The molecule has 8 heteroatoms. The molecule has 0 bridgehead atoms. The number of likely N-dealkylation sites (tertiary alicyclic amines) is 1. The van der Waals surface area contributed by atoms with Gasteiger partial charge in [-0.05, 0) is 39.3 Å². The van der Waals surface area contributed by atoms with E-state index in [0.717, 1.165) is 11.4 Å². The Bertz CT molecular complexity index is 610. The SMILES string of the molecule is Cc1cc(C(=O)CN2CCCC(C(=O)NCC(F)(F)F)C2)c(C)[nH]1. The van der Waals surface area contributed by atoms with Gasteiger partial charge < -0.3 is 10.3 Å². The lowest BCUT2D eigenvalue weighted by Gasteiger charge is -2.31. The Balaban J connectivity index is 1.90. The second kappa shape index (κ2) is 7.38. The third kappa shape index (κ3) is 5.09. The van der Waals surface area contributed by atoms with Crippen molar-refractivity contribution < 1.29 is 22.8 Å². The van der Waals surface area contributed by atoms with Crippen molar-refractivity contribution in [2.24, 2.45) is 5.92 Å². The number of aryl methyl sites for hydroxylation is 2. The van der Waals surface area contributed by atoms with Crippen LogP contribution in [-0.2, 0) is 4.79 Å². The Kier molecular flexibility index (Phi) is 5.69. The van der Waals surface area contributed by atoms with Crippen LogP contribution in [0.1, 0.15) is 34.6 Å². The van der Waals surface area contributed by atoms with E-state index in [0.29, 0.717) is 31.5 Å². The molecule has 134 valence electrons. The first-order chi connectivity index (χ1) is 11.2. The Labute approximate surface area is 138 Å². The molecular weight excluding hydrogens is 323 g/mol. The van der Waals surface area contributed by atoms with Crippen LogP contribution in [0, 0.1) is 19.8 Å². The minimum Gasteiger partial charge on any atom is -0.362 e. The summed E-state index contributed by atoms with van der Waals surface area (Å²) in [6.07, 6.45) is -3.19. The van der Waals surface area contributed by atoms with Crippen LogP contribution in [0.4, 0.5) is 13.2 Å². The number of H-pyrrole nitrogens is 1. The number of hydrogen-bond donors (Lipinski definition) is 2. The van der Waals surface area contributed by atoms with Crippen molar-refractivity contribution in [2.75, 3.05) is 26.2 Å². The van der Waals surface area contributed by atoms with Gasteiger partial charge in [0.25, 0.3) is 0 Å². The summed E-state index contributed by atoms with van der Waals surface area (Å²) in [5, 5.41) is 1.93. The number of Topliss-reactive ketones (excluding diaryl/α,β-unsaturated/α-hetero) is 1. The lowest BCUT2D eigenvalue weighted by molar-refractivity contribution is -0.141. The van der Waals surface area contributed by atoms with Crippen molar-refractivity contribution in [2.45, 2.75) is 32.9 Å². The van der Waals surface area contributed by atoms with E-state index >= 15 is 0 Å². The van der Waals surface area contributed by atoms with Crippen LogP contribution < -0.4 is 5.32 Å². The molecule has 0 radical (unpaired) electrons. The number of piperidine rings is 1. The second-order valence-corrected chi connectivity index (χ2v) is 6.32. The fraction of sp³-hybridized carbons (Fsp3) is 0.625. The maximum atomic E-state index is 12.4. The van der Waals surface area contributed by atoms with Gasteiger partial charge >= 0.3 is 6.18 Å². The van der Waals surface area contributed by atoms with Crippen LogP contribution in [0.3, 0.4) is 0 Å². The maximum Gasteiger partial charge on any atom is 0.405 e. The number of aromatic nitrogens is 1. The molecule has 2 rings (SSSR count). The average molecular weight is 345 g/mol. The van der Waals surface area contributed by atoms with E-state index in [9.17, 15) is 22.8 Å². The van der Waals surface area contributed by atoms with Crippen LogP contribution >= 0.6 is 0 Å². The van der Waals surface area contributed by atoms with E-state index < -0.39 is 24.5 Å². The van der Waals surface area contributed by atoms with Crippen molar-refractivity contribution in [1.29, 1.82) is 0 Å². The number of alkyl halides is 3. The fourth-order valence-electron chi connectivity index (χ4n) is 3.05. The molecule has 2 N–H and O–H groups in total. The molecule has 24 heavy (non-hydrogen) atoms. The summed E-state index contributed by atoms with van der Waals surface area (Å²) in [6.45, 7) is 3.51. The van der Waals surface area contributed by atoms with E-state index in [-0.39, 0.29) is 12.3 Å². The third-order valence-corrected chi connectivity index (χ3v) is 4.16. The van der Waals surface area contributed by atoms with Crippen LogP contribution in [0.15, 0.2) is 6.07 Å². The molecule has 1 aliphatic rings. The van der Waals surface area contributed by atoms with E-state index in [4.69, 9.17) is 0 Å². The second-order valence-electron chi connectivity index (χ2n) is 6.32. The normalized spacial score (nSPS) is 19.3. The minimum atomic E-state index is -4.41. The summed E-state index contributed by atoms with van der Waals surface area (Å²) >= 11 is 0. The first-order valence-electron chi connectivity index (χ1n) is 7.92. The molecule has 1 aliphatic heterocycles. The highest BCUT2D eigenvalue weighted by Gasteiger charge is 2.31. The van der Waals surface area contributed by atoms with Gasteiger partial charge in [-0.2, -0.15) is 13.2 Å². The zero-order valence-corrected chi connectivity index (χ0v) is 13.8. The van der Waals surface area contributed by atoms with E-state index in [1.807, 2.05) is 24.1 Å². The van der Waals surface area contributed by atoms with Gasteiger partial charge in [-0.15, -0.1) is 0 Å². The molecule has 0 aliphatic carbocycles.